The molecule has 0 saturated heterocycles. The van der Waals surface area contributed by atoms with Crippen LogP contribution >= 0.6 is 11.5 Å². The molecule has 0 amide bonds. The largest absolute Gasteiger partial charge is 0.371 e. The molecule has 17 heavy (non-hydrogen) atoms. The van der Waals surface area contributed by atoms with Gasteiger partial charge in [-0.3, -0.25) is 0 Å². The first-order valence-electron chi connectivity index (χ1n) is 5.55. The Morgan fingerprint density at radius 2 is 1.88 bits per heavy atom. The summed E-state index contributed by atoms with van der Waals surface area (Å²) >= 11 is 1.37. The Balaban J connectivity index is 2.04. The molecule has 0 aliphatic heterocycles. The molecule has 0 aliphatic rings. The van der Waals surface area contributed by atoms with Gasteiger partial charge >= 0.3 is 0 Å². The lowest BCUT2D eigenvalue weighted by Crippen LogP contribution is -2.18. The molecule has 90 valence electrons. The third-order valence-corrected chi connectivity index (χ3v) is 2.79. The van der Waals surface area contributed by atoms with E-state index in [0.29, 0.717) is 6.61 Å². The zero-order valence-corrected chi connectivity index (χ0v) is 11.1. The number of hydrogen-bond donors (Lipinski definition) is 0. The van der Waals surface area contributed by atoms with Gasteiger partial charge in [0.25, 0.3) is 0 Å². The first kappa shape index (κ1) is 12.2. The monoisotopic (exact) mass is 248 g/mol. The lowest BCUT2D eigenvalue weighted by Gasteiger charge is -2.19. The summed E-state index contributed by atoms with van der Waals surface area (Å²) in [5.74, 6) is 0. The van der Waals surface area contributed by atoms with Gasteiger partial charge in [-0.05, 0) is 37.9 Å². The fourth-order valence-corrected chi connectivity index (χ4v) is 1.83. The van der Waals surface area contributed by atoms with Crippen LogP contribution in [0.25, 0.3) is 11.3 Å². The Kier molecular flexibility index (Phi) is 3.54. The van der Waals surface area contributed by atoms with Crippen LogP contribution in [0.5, 0.6) is 0 Å². The van der Waals surface area contributed by atoms with Crippen molar-refractivity contribution in [3.63, 3.8) is 0 Å². The highest BCUT2D eigenvalue weighted by Crippen LogP contribution is 2.19. The van der Waals surface area contributed by atoms with Crippen molar-refractivity contribution in [1.82, 2.24) is 9.59 Å². The topological polar surface area (TPSA) is 35.0 Å². The van der Waals surface area contributed by atoms with Crippen LogP contribution in [0.15, 0.2) is 29.6 Å². The maximum absolute atomic E-state index is 5.72. The van der Waals surface area contributed by atoms with E-state index in [-0.39, 0.29) is 5.60 Å². The van der Waals surface area contributed by atoms with Gasteiger partial charge in [0.05, 0.1) is 12.2 Å². The summed E-state index contributed by atoms with van der Waals surface area (Å²) in [5.41, 5.74) is 3.10. The van der Waals surface area contributed by atoms with E-state index in [9.17, 15) is 0 Å². The van der Waals surface area contributed by atoms with Crippen LogP contribution in [0.3, 0.4) is 0 Å². The minimum Gasteiger partial charge on any atom is -0.371 e. The molecule has 1 heterocycles. The Morgan fingerprint density at radius 3 is 2.41 bits per heavy atom. The number of aromatic nitrogens is 2. The van der Waals surface area contributed by atoms with Crippen molar-refractivity contribution in [2.24, 2.45) is 0 Å². The first-order valence-corrected chi connectivity index (χ1v) is 6.38. The van der Waals surface area contributed by atoms with E-state index in [1.807, 2.05) is 5.38 Å². The Morgan fingerprint density at radius 1 is 1.18 bits per heavy atom. The molecule has 0 N–H and O–H groups in total. The average Bonchev–Trinajstić information content (AvgIpc) is 2.79. The van der Waals surface area contributed by atoms with E-state index in [2.05, 4.69) is 54.6 Å². The van der Waals surface area contributed by atoms with Crippen LogP contribution < -0.4 is 0 Å². The molecule has 4 heteroatoms. The van der Waals surface area contributed by atoms with Gasteiger partial charge in [-0.1, -0.05) is 28.8 Å². The Bertz CT molecular complexity index is 457. The fourth-order valence-electron chi connectivity index (χ4n) is 1.36. The van der Waals surface area contributed by atoms with Crippen LogP contribution in [0, 0.1) is 0 Å². The zero-order valence-electron chi connectivity index (χ0n) is 10.3. The van der Waals surface area contributed by atoms with Gasteiger partial charge in [0.1, 0.15) is 5.69 Å². The highest BCUT2D eigenvalue weighted by molar-refractivity contribution is 7.03. The molecule has 3 nitrogen and oxygen atoms in total. The van der Waals surface area contributed by atoms with Crippen LogP contribution in [-0.2, 0) is 11.3 Å². The summed E-state index contributed by atoms with van der Waals surface area (Å²) in [6.45, 7) is 6.81. The number of ether oxygens (including phenoxy) is 1. The van der Waals surface area contributed by atoms with Gasteiger partial charge in [0, 0.05) is 10.9 Å². The SMILES string of the molecule is CC(C)(C)OCc1ccc(-c2csnn2)cc1. The molecular formula is C13H16N2OS. The average molecular weight is 248 g/mol. The summed E-state index contributed by atoms with van der Waals surface area (Å²) in [5, 5.41) is 5.98. The standard InChI is InChI=1S/C13H16N2OS/c1-13(2,3)16-8-10-4-6-11(7-5-10)12-9-17-15-14-12/h4-7,9H,8H2,1-3H3. The second-order valence-corrected chi connectivity index (χ2v) is 5.50. The second kappa shape index (κ2) is 4.94. The Hall–Kier alpha value is -1.26. The highest BCUT2D eigenvalue weighted by Gasteiger charge is 2.10. The number of benzene rings is 1. The summed E-state index contributed by atoms with van der Waals surface area (Å²) in [7, 11) is 0. The fraction of sp³-hybridized carbons (Fsp3) is 0.385. The van der Waals surface area contributed by atoms with Crippen LogP contribution in [0.2, 0.25) is 0 Å². The summed E-state index contributed by atoms with van der Waals surface area (Å²) in [4.78, 5) is 0. The van der Waals surface area contributed by atoms with Gasteiger partial charge in [0.15, 0.2) is 0 Å². The predicted molar refractivity (Wildman–Crippen MR) is 69.9 cm³/mol. The van der Waals surface area contributed by atoms with E-state index in [1.54, 1.807) is 0 Å². The summed E-state index contributed by atoms with van der Waals surface area (Å²) < 4.78 is 9.58. The maximum Gasteiger partial charge on any atom is 0.105 e. The lowest BCUT2D eigenvalue weighted by atomic mass is 10.1. The third-order valence-electron chi connectivity index (χ3n) is 2.28. The van der Waals surface area contributed by atoms with E-state index in [0.717, 1.165) is 11.3 Å². The summed E-state index contributed by atoms with van der Waals surface area (Å²) in [6, 6.07) is 8.25. The Labute approximate surface area is 106 Å². The molecular weight excluding hydrogens is 232 g/mol. The molecule has 0 spiro atoms. The lowest BCUT2D eigenvalue weighted by molar-refractivity contribution is -0.0149. The smallest absolute Gasteiger partial charge is 0.105 e. The van der Waals surface area contributed by atoms with Gasteiger partial charge in [-0.15, -0.1) is 5.10 Å². The summed E-state index contributed by atoms with van der Waals surface area (Å²) in [6.07, 6.45) is 0. The molecule has 0 aliphatic carbocycles. The molecule has 0 radical (unpaired) electrons. The molecule has 1 aromatic carbocycles. The molecule has 0 saturated carbocycles. The van der Waals surface area contributed by atoms with Crippen LogP contribution in [-0.4, -0.2) is 15.2 Å². The van der Waals surface area contributed by atoms with E-state index in [4.69, 9.17) is 4.74 Å². The van der Waals surface area contributed by atoms with Crippen molar-refractivity contribution in [1.29, 1.82) is 0 Å². The second-order valence-electron chi connectivity index (χ2n) is 4.89. The van der Waals surface area contributed by atoms with Gasteiger partial charge < -0.3 is 4.74 Å². The molecule has 2 rings (SSSR count). The van der Waals surface area contributed by atoms with Crippen LogP contribution in [0.1, 0.15) is 26.3 Å². The van der Waals surface area contributed by atoms with Crippen molar-refractivity contribution >= 4 is 11.5 Å². The third kappa shape index (κ3) is 3.61. The van der Waals surface area contributed by atoms with Crippen LogP contribution in [0.4, 0.5) is 0 Å². The molecule has 0 atom stereocenters. The molecule has 1 aromatic heterocycles. The number of rotatable bonds is 3. The predicted octanol–water partition coefficient (Wildman–Crippen LogP) is 3.52. The van der Waals surface area contributed by atoms with Gasteiger partial charge in [-0.2, -0.15) is 0 Å². The molecule has 0 bridgehead atoms. The van der Waals surface area contributed by atoms with Crippen molar-refractivity contribution in [3.05, 3.63) is 35.2 Å². The number of nitrogens with zero attached hydrogens (tertiary/aromatic N) is 2. The van der Waals surface area contributed by atoms with Crippen molar-refractivity contribution in [2.45, 2.75) is 33.0 Å². The highest BCUT2D eigenvalue weighted by atomic mass is 32.1. The zero-order chi connectivity index (χ0) is 12.3. The minimum atomic E-state index is -0.0997. The number of hydrogen-bond acceptors (Lipinski definition) is 4. The normalized spacial score (nSPS) is 11.7. The molecule has 2 aromatic rings. The van der Waals surface area contributed by atoms with Crippen molar-refractivity contribution in [2.75, 3.05) is 0 Å². The van der Waals surface area contributed by atoms with E-state index in [1.165, 1.54) is 17.1 Å². The van der Waals surface area contributed by atoms with Gasteiger partial charge in [0.2, 0.25) is 0 Å². The maximum atomic E-state index is 5.72. The molecule has 0 unspecified atom stereocenters. The van der Waals surface area contributed by atoms with Crippen molar-refractivity contribution in [3.8, 4) is 11.3 Å². The van der Waals surface area contributed by atoms with Crippen molar-refractivity contribution < 1.29 is 4.74 Å². The molecule has 0 fully saturated rings. The minimum absolute atomic E-state index is 0.0997. The quantitative estimate of drug-likeness (QED) is 0.833. The first-order chi connectivity index (χ1) is 8.04. The van der Waals surface area contributed by atoms with E-state index < -0.39 is 0 Å². The van der Waals surface area contributed by atoms with E-state index >= 15 is 0 Å². The van der Waals surface area contributed by atoms with Gasteiger partial charge in [-0.25, -0.2) is 0 Å².